The van der Waals surface area contributed by atoms with Crippen molar-refractivity contribution in [2.24, 2.45) is 0 Å². The molecule has 0 bridgehead atoms. The van der Waals surface area contributed by atoms with Crippen LogP contribution in [0.5, 0.6) is 0 Å². The lowest BCUT2D eigenvalue weighted by Crippen LogP contribution is -2.26. The first-order chi connectivity index (χ1) is 6.33. The average Bonchev–Trinajstić information content (AvgIpc) is 2.64. The van der Waals surface area contributed by atoms with Crippen molar-refractivity contribution in [3.63, 3.8) is 0 Å². The van der Waals surface area contributed by atoms with Crippen LogP contribution in [0.15, 0.2) is 16.8 Å². The molecule has 3 heteroatoms. The van der Waals surface area contributed by atoms with Crippen LogP contribution < -0.4 is 5.32 Å². The monoisotopic (exact) mass is 199 g/mol. The predicted molar refractivity (Wildman–Crippen MR) is 57.2 cm³/mol. The Morgan fingerprint density at radius 1 is 1.62 bits per heavy atom. The SMILES string of the molecule is CCNCC(O)CCc1ccsc1. The van der Waals surface area contributed by atoms with Crippen LogP contribution in [0.1, 0.15) is 18.9 Å². The fourth-order valence-corrected chi connectivity index (χ4v) is 1.88. The van der Waals surface area contributed by atoms with E-state index in [1.807, 2.05) is 6.92 Å². The molecule has 1 aromatic rings. The molecule has 13 heavy (non-hydrogen) atoms. The number of nitrogens with one attached hydrogen (secondary N) is 1. The number of hydrogen-bond acceptors (Lipinski definition) is 3. The van der Waals surface area contributed by atoms with Crippen molar-refractivity contribution in [3.8, 4) is 0 Å². The fourth-order valence-electron chi connectivity index (χ4n) is 1.18. The minimum absolute atomic E-state index is 0.208. The maximum absolute atomic E-state index is 9.52. The van der Waals surface area contributed by atoms with Gasteiger partial charge in [-0.05, 0) is 41.8 Å². The summed E-state index contributed by atoms with van der Waals surface area (Å²) in [6.07, 6.45) is 1.62. The molecule has 0 spiro atoms. The second kappa shape index (κ2) is 6.13. The molecule has 0 saturated heterocycles. The molecule has 0 aliphatic carbocycles. The summed E-state index contributed by atoms with van der Waals surface area (Å²) in [4.78, 5) is 0. The van der Waals surface area contributed by atoms with Crippen LogP contribution in [0.25, 0.3) is 0 Å². The molecule has 0 aromatic carbocycles. The zero-order valence-corrected chi connectivity index (χ0v) is 8.81. The first-order valence-electron chi connectivity index (χ1n) is 4.72. The Morgan fingerprint density at radius 2 is 2.46 bits per heavy atom. The first kappa shape index (κ1) is 10.7. The van der Waals surface area contributed by atoms with Crippen LogP contribution in [0, 0.1) is 0 Å². The molecule has 1 rings (SSSR count). The van der Waals surface area contributed by atoms with Gasteiger partial charge in [0.15, 0.2) is 0 Å². The van der Waals surface area contributed by atoms with Gasteiger partial charge in [-0.25, -0.2) is 0 Å². The fraction of sp³-hybridized carbons (Fsp3) is 0.600. The van der Waals surface area contributed by atoms with E-state index in [9.17, 15) is 5.11 Å². The van der Waals surface area contributed by atoms with E-state index in [2.05, 4.69) is 22.1 Å². The van der Waals surface area contributed by atoms with Gasteiger partial charge in [0.05, 0.1) is 6.10 Å². The van der Waals surface area contributed by atoms with Crippen LogP contribution in [0.4, 0.5) is 0 Å². The summed E-state index contributed by atoms with van der Waals surface area (Å²) < 4.78 is 0. The van der Waals surface area contributed by atoms with E-state index >= 15 is 0 Å². The highest BCUT2D eigenvalue weighted by atomic mass is 32.1. The number of aryl methyl sites for hydroxylation is 1. The molecule has 1 atom stereocenters. The van der Waals surface area contributed by atoms with E-state index in [4.69, 9.17) is 0 Å². The lowest BCUT2D eigenvalue weighted by molar-refractivity contribution is 0.163. The molecule has 2 N–H and O–H groups in total. The highest BCUT2D eigenvalue weighted by Gasteiger charge is 2.03. The van der Waals surface area contributed by atoms with Gasteiger partial charge in [0.25, 0.3) is 0 Å². The summed E-state index contributed by atoms with van der Waals surface area (Å²) in [5.41, 5.74) is 1.33. The lowest BCUT2D eigenvalue weighted by Gasteiger charge is -2.09. The van der Waals surface area contributed by atoms with Crippen LogP contribution in [0.3, 0.4) is 0 Å². The molecule has 0 radical (unpaired) electrons. The third kappa shape index (κ3) is 4.41. The Morgan fingerprint density at radius 3 is 3.08 bits per heavy atom. The number of aliphatic hydroxyl groups is 1. The second-order valence-electron chi connectivity index (χ2n) is 3.13. The van der Waals surface area contributed by atoms with E-state index in [1.165, 1.54) is 5.56 Å². The van der Waals surface area contributed by atoms with Crippen molar-refractivity contribution in [1.29, 1.82) is 0 Å². The van der Waals surface area contributed by atoms with Crippen molar-refractivity contribution in [1.82, 2.24) is 5.32 Å². The third-order valence-electron chi connectivity index (χ3n) is 1.98. The van der Waals surface area contributed by atoms with Crippen molar-refractivity contribution in [3.05, 3.63) is 22.4 Å². The van der Waals surface area contributed by atoms with Gasteiger partial charge in [0.2, 0.25) is 0 Å². The molecule has 2 nitrogen and oxygen atoms in total. The topological polar surface area (TPSA) is 32.3 Å². The van der Waals surface area contributed by atoms with Crippen LogP contribution in [-0.4, -0.2) is 24.3 Å². The van der Waals surface area contributed by atoms with Crippen molar-refractivity contribution in [2.75, 3.05) is 13.1 Å². The standard InChI is InChI=1S/C10H17NOS/c1-2-11-7-10(12)4-3-9-5-6-13-8-9/h5-6,8,10-12H,2-4,7H2,1H3. The average molecular weight is 199 g/mol. The maximum atomic E-state index is 9.52. The van der Waals surface area contributed by atoms with Gasteiger partial charge in [-0.2, -0.15) is 11.3 Å². The summed E-state index contributed by atoms with van der Waals surface area (Å²) >= 11 is 1.71. The molecule has 0 aliphatic rings. The largest absolute Gasteiger partial charge is 0.392 e. The normalized spacial score (nSPS) is 13.1. The summed E-state index contributed by atoms with van der Waals surface area (Å²) in [6, 6.07) is 2.12. The smallest absolute Gasteiger partial charge is 0.0667 e. The van der Waals surface area contributed by atoms with E-state index in [-0.39, 0.29) is 6.10 Å². The summed E-state index contributed by atoms with van der Waals surface area (Å²) in [5, 5.41) is 16.9. The van der Waals surface area contributed by atoms with Crippen LogP contribution in [-0.2, 0) is 6.42 Å². The van der Waals surface area contributed by atoms with Gasteiger partial charge < -0.3 is 10.4 Å². The number of hydrogen-bond donors (Lipinski definition) is 2. The Balaban J connectivity index is 2.11. The molecule has 0 amide bonds. The van der Waals surface area contributed by atoms with E-state index in [0.717, 1.165) is 19.4 Å². The van der Waals surface area contributed by atoms with Gasteiger partial charge in [-0.1, -0.05) is 6.92 Å². The quantitative estimate of drug-likeness (QED) is 0.730. The van der Waals surface area contributed by atoms with Gasteiger partial charge in [0.1, 0.15) is 0 Å². The Hall–Kier alpha value is -0.380. The van der Waals surface area contributed by atoms with Crippen molar-refractivity contribution < 1.29 is 5.11 Å². The van der Waals surface area contributed by atoms with Crippen molar-refractivity contribution >= 4 is 11.3 Å². The van der Waals surface area contributed by atoms with E-state index < -0.39 is 0 Å². The van der Waals surface area contributed by atoms with Gasteiger partial charge in [-0.15, -0.1) is 0 Å². The predicted octanol–water partition coefficient (Wildman–Crippen LogP) is 1.65. The molecule has 1 heterocycles. The Kier molecular flexibility index (Phi) is 5.05. The summed E-state index contributed by atoms with van der Waals surface area (Å²) in [5.74, 6) is 0. The lowest BCUT2D eigenvalue weighted by atomic mass is 10.1. The second-order valence-corrected chi connectivity index (χ2v) is 3.91. The third-order valence-corrected chi connectivity index (χ3v) is 2.71. The molecular formula is C10H17NOS. The molecule has 74 valence electrons. The highest BCUT2D eigenvalue weighted by Crippen LogP contribution is 2.09. The number of likely N-dealkylation sites (N-methyl/N-ethyl adjacent to an activating group) is 1. The first-order valence-corrected chi connectivity index (χ1v) is 5.67. The zero-order valence-electron chi connectivity index (χ0n) is 7.99. The van der Waals surface area contributed by atoms with Gasteiger partial charge >= 0.3 is 0 Å². The molecule has 1 unspecified atom stereocenters. The van der Waals surface area contributed by atoms with Crippen LogP contribution in [0.2, 0.25) is 0 Å². The maximum Gasteiger partial charge on any atom is 0.0667 e. The van der Waals surface area contributed by atoms with E-state index in [0.29, 0.717) is 6.54 Å². The molecule has 0 aliphatic heterocycles. The molecule has 0 fully saturated rings. The minimum Gasteiger partial charge on any atom is -0.392 e. The highest BCUT2D eigenvalue weighted by molar-refractivity contribution is 7.07. The molecule has 1 aromatic heterocycles. The van der Waals surface area contributed by atoms with Gasteiger partial charge in [-0.3, -0.25) is 0 Å². The number of rotatable bonds is 6. The molecule has 0 saturated carbocycles. The summed E-state index contributed by atoms with van der Waals surface area (Å²) in [7, 11) is 0. The zero-order chi connectivity index (χ0) is 9.52. The summed E-state index contributed by atoms with van der Waals surface area (Å²) in [6.45, 7) is 3.68. The van der Waals surface area contributed by atoms with E-state index in [1.54, 1.807) is 11.3 Å². The molecular weight excluding hydrogens is 182 g/mol. The van der Waals surface area contributed by atoms with Crippen molar-refractivity contribution in [2.45, 2.75) is 25.9 Å². The Bertz CT molecular complexity index is 211. The van der Waals surface area contributed by atoms with Gasteiger partial charge in [0, 0.05) is 6.54 Å². The Labute approximate surface area is 83.6 Å². The van der Waals surface area contributed by atoms with Crippen LogP contribution >= 0.6 is 11.3 Å². The minimum atomic E-state index is -0.208. The number of aliphatic hydroxyl groups excluding tert-OH is 1. The number of thiophene rings is 1.